The fraction of sp³-hybridized carbons (Fsp3) is 0.261. The number of nitriles is 1. The van der Waals surface area contributed by atoms with Gasteiger partial charge < -0.3 is 49.4 Å². The molecule has 0 radical (unpaired) electrons. The number of carboxylic acid groups (broad SMARTS) is 2. The van der Waals surface area contributed by atoms with Crippen molar-refractivity contribution >= 4 is 34.9 Å². The summed E-state index contributed by atoms with van der Waals surface area (Å²) in [4.78, 5) is 42.5. The van der Waals surface area contributed by atoms with E-state index in [-0.39, 0.29) is 57.2 Å². The minimum Gasteiger partial charge on any atom is -0.486 e. The average molecular weight is 929 g/mol. The number of nitrogens with zero attached hydrogens (tertiary/aromatic N) is 4. The summed E-state index contributed by atoms with van der Waals surface area (Å²) >= 11 is 5.63. The standard InChI is InChI=1S/C18H17N3O4.C16H16N2O4.C8H6ClNO.C2H2O4.2CH4/c1-19-11-15-16(21(22)23)7-8-17-18(15)25-14(12-24-17)10-20-9-13-5-3-2-4-6-13;19-18(20)13-6-7-15-16(8-13)22-14(11-21-15)10-17-9-12-4-2-1-3-5-12;9-7-1-3-8(4-2-7)11-6-5-10;3-1(4)2(5)6;;/h2-8,14,20H,9-12H2;1-8,14,17H,9-11H2;1-4H,6H2;(H,3,4)(H,5,6);2*1H4/t2*14-;;;;/m00..../s1. The summed E-state index contributed by atoms with van der Waals surface area (Å²) in [6, 6.07) is 36.0. The van der Waals surface area contributed by atoms with Crippen LogP contribution >= 0.6 is 11.6 Å². The van der Waals surface area contributed by atoms with Gasteiger partial charge in [-0.2, -0.15) is 5.26 Å². The molecule has 2 aliphatic heterocycles. The van der Waals surface area contributed by atoms with Crippen LogP contribution in [-0.2, 0) is 29.2 Å². The Hall–Kier alpha value is -7.97. The lowest BCUT2D eigenvalue weighted by molar-refractivity contribution is -0.385. The minimum atomic E-state index is -1.82. The van der Waals surface area contributed by atoms with Crippen LogP contribution in [0, 0.1) is 38.1 Å². The lowest BCUT2D eigenvalue weighted by Crippen LogP contribution is -2.38. The van der Waals surface area contributed by atoms with E-state index in [4.69, 9.17) is 66.9 Å². The number of nitrogens with one attached hydrogen (secondary N) is 2. The molecule has 20 heteroatoms. The number of hydrogen-bond acceptors (Lipinski definition) is 14. The smallest absolute Gasteiger partial charge is 0.414 e. The van der Waals surface area contributed by atoms with Gasteiger partial charge in [0, 0.05) is 43.3 Å². The first-order valence-electron chi connectivity index (χ1n) is 19.1. The molecule has 0 bridgehead atoms. The number of aliphatic carboxylic acids is 2. The molecule has 0 aliphatic carbocycles. The van der Waals surface area contributed by atoms with Crippen LogP contribution < -0.4 is 34.3 Å². The maximum absolute atomic E-state index is 11.2. The normalized spacial score (nSPS) is 13.4. The van der Waals surface area contributed by atoms with Gasteiger partial charge in [-0.05, 0) is 47.5 Å². The molecule has 0 unspecified atom stereocenters. The molecule has 7 rings (SSSR count). The van der Waals surface area contributed by atoms with E-state index in [1.54, 1.807) is 30.3 Å². The monoisotopic (exact) mass is 928 g/mol. The molecule has 0 saturated carbocycles. The van der Waals surface area contributed by atoms with E-state index in [9.17, 15) is 20.2 Å². The van der Waals surface area contributed by atoms with Gasteiger partial charge in [0.05, 0.1) is 15.9 Å². The van der Waals surface area contributed by atoms with Crippen LogP contribution in [0.3, 0.4) is 0 Å². The van der Waals surface area contributed by atoms with Gasteiger partial charge >= 0.3 is 11.9 Å². The Morgan fingerprint density at radius 3 is 1.80 bits per heavy atom. The van der Waals surface area contributed by atoms with Gasteiger partial charge in [0.15, 0.2) is 35.2 Å². The van der Waals surface area contributed by atoms with Crippen LogP contribution in [0.1, 0.15) is 31.5 Å². The van der Waals surface area contributed by atoms with Crippen LogP contribution in [0.25, 0.3) is 4.85 Å². The number of non-ortho nitro benzene ring substituents is 1. The second-order valence-electron chi connectivity index (χ2n) is 13.2. The Morgan fingerprint density at radius 2 is 1.30 bits per heavy atom. The van der Waals surface area contributed by atoms with Crippen molar-refractivity contribution in [3.05, 3.63) is 169 Å². The van der Waals surface area contributed by atoms with Gasteiger partial charge in [-0.15, -0.1) is 0 Å². The number of rotatable bonds is 13. The Labute approximate surface area is 386 Å². The van der Waals surface area contributed by atoms with Crippen LogP contribution in [0.15, 0.2) is 115 Å². The number of ether oxygens (including phenoxy) is 5. The fourth-order valence-electron chi connectivity index (χ4n) is 5.64. The number of nitro groups is 2. The van der Waals surface area contributed by atoms with Crippen LogP contribution in [-0.4, -0.2) is 77.1 Å². The average Bonchev–Trinajstić information content (AvgIpc) is 3.30. The molecular weight excluding hydrogens is 880 g/mol. The summed E-state index contributed by atoms with van der Waals surface area (Å²) in [6.07, 6.45) is -0.444. The molecule has 5 aromatic carbocycles. The van der Waals surface area contributed by atoms with Gasteiger partial charge in [0.25, 0.3) is 11.4 Å². The molecule has 0 saturated heterocycles. The third kappa shape index (κ3) is 18.0. The highest BCUT2D eigenvalue weighted by Crippen LogP contribution is 2.41. The zero-order valence-electron chi connectivity index (χ0n) is 33.8. The minimum absolute atomic E-state index is 0. The number of nitro benzene ring substituents is 2. The zero-order chi connectivity index (χ0) is 46.3. The molecule has 0 aromatic heterocycles. The van der Waals surface area contributed by atoms with Crippen molar-refractivity contribution in [2.45, 2.75) is 46.7 Å². The van der Waals surface area contributed by atoms with Crippen molar-refractivity contribution in [2.75, 3.05) is 32.9 Å². The number of hydrogen-bond donors (Lipinski definition) is 4. The lowest BCUT2D eigenvalue weighted by atomic mass is 10.1. The number of fused-ring (bicyclic) bond motifs is 2. The van der Waals surface area contributed by atoms with Gasteiger partial charge in [0.2, 0.25) is 6.54 Å². The van der Waals surface area contributed by atoms with Crippen molar-refractivity contribution in [1.29, 1.82) is 5.26 Å². The predicted octanol–water partition coefficient (Wildman–Crippen LogP) is 8.14. The number of carboxylic acids is 2. The van der Waals surface area contributed by atoms with E-state index in [0.29, 0.717) is 66.6 Å². The van der Waals surface area contributed by atoms with E-state index in [1.165, 1.54) is 29.8 Å². The van der Waals surface area contributed by atoms with E-state index < -0.39 is 21.8 Å². The summed E-state index contributed by atoms with van der Waals surface area (Å²) < 4.78 is 27.9. The molecule has 0 spiro atoms. The van der Waals surface area contributed by atoms with Gasteiger partial charge in [-0.25, -0.2) is 16.2 Å². The molecule has 0 fully saturated rings. The third-order valence-corrected chi connectivity index (χ3v) is 8.84. The highest BCUT2D eigenvalue weighted by Gasteiger charge is 2.30. The highest BCUT2D eigenvalue weighted by molar-refractivity contribution is 6.30. The van der Waals surface area contributed by atoms with Crippen LogP contribution in [0.4, 0.5) is 11.4 Å². The summed E-state index contributed by atoms with van der Waals surface area (Å²) in [7, 11) is 0. The number of halogens is 1. The van der Waals surface area contributed by atoms with Crippen molar-refractivity contribution in [1.82, 2.24) is 10.6 Å². The first kappa shape index (κ1) is 54.2. The van der Waals surface area contributed by atoms with Crippen molar-refractivity contribution < 1.29 is 53.3 Å². The summed E-state index contributed by atoms with van der Waals surface area (Å²) in [5.41, 5.74) is 2.50. The van der Waals surface area contributed by atoms with Gasteiger partial charge in [0.1, 0.15) is 37.2 Å². The first-order chi connectivity index (χ1) is 30.9. The topological polar surface area (TPSA) is 259 Å². The number of benzene rings is 5. The van der Waals surface area contributed by atoms with Crippen molar-refractivity contribution in [3.8, 4) is 34.8 Å². The Bertz CT molecular complexity index is 2400. The molecule has 5 aromatic rings. The predicted molar refractivity (Wildman–Crippen MR) is 244 cm³/mol. The third-order valence-electron chi connectivity index (χ3n) is 8.59. The van der Waals surface area contributed by atoms with Gasteiger partial charge in [-0.1, -0.05) is 87.1 Å². The van der Waals surface area contributed by atoms with E-state index >= 15 is 0 Å². The Morgan fingerprint density at radius 1 is 0.773 bits per heavy atom. The molecule has 2 atom stereocenters. The van der Waals surface area contributed by atoms with E-state index in [0.717, 1.165) is 12.1 Å². The maximum atomic E-state index is 11.2. The lowest BCUT2D eigenvalue weighted by Gasteiger charge is -2.27. The van der Waals surface area contributed by atoms with Gasteiger partial charge in [-0.3, -0.25) is 20.2 Å². The molecule has 2 aliphatic rings. The fourth-order valence-corrected chi connectivity index (χ4v) is 5.76. The quantitative estimate of drug-likeness (QED) is 0.0376. The second-order valence-corrected chi connectivity index (χ2v) is 13.6. The first-order valence-corrected chi connectivity index (χ1v) is 19.5. The number of carbonyl (C=O) groups is 2. The Kier molecular flexibility index (Phi) is 23.5. The summed E-state index contributed by atoms with van der Waals surface area (Å²) in [5, 5.41) is 52.2. The molecule has 0 amide bonds. The molecular formula is C46H49ClN6O13. The van der Waals surface area contributed by atoms with Crippen LogP contribution in [0.5, 0.6) is 28.7 Å². The highest BCUT2D eigenvalue weighted by atomic mass is 35.5. The SMILES string of the molecule is C.C.N#CCOc1ccc(Cl)cc1.O=C(O)C(=O)O.O=[N+]([O-])c1ccc2c(c1)O[C@@H](CNCc1ccccc1)CO2.[C-]#[N+]Cc1c([N+](=O)[O-])ccc2c1O[C@@H](CNCc1ccccc1)CO2. The summed E-state index contributed by atoms with van der Waals surface area (Å²) in [6.45, 7) is 10.3. The van der Waals surface area contributed by atoms with E-state index in [2.05, 4.69) is 15.5 Å². The van der Waals surface area contributed by atoms with Crippen molar-refractivity contribution in [2.24, 2.45) is 0 Å². The second kappa shape index (κ2) is 28.7. The molecule has 66 heavy (non-hydrogen) atoms. The molecule has 4 N–H and O–H groups in total. The van der Waals surface area contributed by atoms with E-state index in [1.807, 2.05) is 66.7 Å². The molecule has 2 heterocycles. The van der Waals surface area contributed by atoms with Crippen LogP contribution in [0.2, 0.25) is 5.02 Å². The maximum Gasteiger partial charge on any atom is 0.414 e. The largest absolute Gasteiger partial charge is 0.486 e. The van der Waals surface area contributed by atoms with Crippen molar-refractivity contribution in [3.63, 3.8) is 0 Å². The molecule has 348 valence electrons. The summed E-state index contributed by atoms with van der Waals surface area (Å²) in [5.74, 6) is -1.26. The molecule has 19 nitrogen and oxygen atoms in total. The Balaban J connectivity index is 0.000000332. The zero-order valence-corrected chi connectivity index (χ0v) is 34.6.